The zero-order chi connectivity index (χ0) is 18.0. The maximum Gasteiger partial charge on any atom is 0.292 e. The quantitative estimate of drug-likeness (QED) is 0.510. The molecule has 3 N–H and O–H groups in total. The number of rotatable bonds is 7. The predicted molar refractivity (Wildman–Crippen MR) is 95.6 cm³/mol. The van der Waals surface area contributed by atoms with Crippen LogP contribution in [-0.4, -0.2) is 32.6 Å². The van der Waals surface area contributed by atoms with E-state index in [9.17, 15) is 15.2 Å². The fourth-order valence-electron chi connectivity index (χ4n) is 2.35. The molecule has 1 aliphatic carbocycles. The van der Waals surface area contributed by atoms with Gasteiger partial charge in [-0.1, -0.05) is 11.6 Å². The number of anilines is 3. The molecule has 1 fully saturated rings. The molecule has 0 unspecified atom stereocenters. The van der Waals surface area contributed by atoms with Crippen LogP contribution in [0.25, 0.3) is 0 Å². The van der Waals surface area contributed by atoms with E-state index in [4.69, 9.17) is 11.6 Å². The van der Waals surface area contributed by atoms with Crippen molar-refractivity contribution in [3.63, 3.8) is 0 Å². The van der Waals surface area contributed by atoms with Gasteiger partial charge in [-0.05, 0) is 31.9 Å². The lowest BCUT2D eigenvalue weighted by molar-refractivity contribution is -0.383. The van der Waals surface area contributed by atoms with E-state index in [2.05, 4.69) is 20.6 Å². The Kier molecular flexibility index (Phi) is 5.00. The Morgan fingerprint density at radius 2 is 2.16 bits per heavy atom. The Labute approximate surface area is 149 Å². The maximum absolute atomic E-state index is 11.2. The van der Waals surface area contributed by atoms with Crippen LogP contribution in [0.2, 0.25) is 5.02 Å². The van der Waals surface area contributed by atoms with Gasteiger partial charge in [0.2, 0.25) is 5.95 Å². The second-order valence-electron chi connectivity index (χ2n) is 6.05. The summed E-state index contributed by atoms with van der Waals surface area (Å²) in [6, 6.07) is 5.89. The average molecular weight is 364 g/mol. The van der Waals surface area contributed by atoms with Crippen LogP contribution in [0.4, 0.5) is 23.1 Å². The van der Waals surface area contributed by atoms with E-state index >= 15 is 0 Å². The summed E-state index contributed by atoms with van der Waals surface area (Å²) in [4.78, 5) is 19.5. The van der Waals surface area contributed by atoms with E-state index in [1.807, 2.05) is 6.92 Å². The van der Waals surface area contributed by atoms with E-state index in [-0.39, 0.29) is 24.0 Å². The molecule has 1 aromatic carbocycles. The van der Waals surface area contributed by atoms with Crippen LogP contribution >= 0.6 is 11.6 Å². The fourth-order valence-corrected chi connectivity index (χ4v) is 2.53. The molecule has 8 nitrogen and oxygen atoms in total. The van der Waals surface area contributed by atoms with E-state index in [1.54, 1.807) is 6.07 Å². The highest BCUT2D eigenvalue weighted by Crippen LogP contribution is 2.40. The van der Waals surface area contributed by atoms with Crippen LogP contribution in [0.1, 0.15) is 31.4 Å². The molecule has 0 bridgehead atoms. The van der Waals surface area contributed by atoms with Crippen molar-refractivity contribution >= 4 is 34.7 Å². The number of nitrogens with zero attached hydrogens (tertiary/aromatic N) is 3. The van der Waals surface area contributed by atoms with E-state index in [0.717, 1.165) is 18.5 Å². The van der Waals surface area contributed by atoms with Crippen LogP contribution in [0.5, 0.6) is 0 Å². The zero-order valence-electron chi connectivity index (χ0n) is 13.6. The van der Waals surface area contributed by atoms with Gasteiger partial charge in [-0.3, -0.25) is 10.1 Å². The highest BCUT2D eigenvalue weighted by atomic mass is 35.5. The average Bonchev–Trinajstić information content (AvgIpc) is 3.39. The van der Waals surface area contributed by atoms with Gasteiger partial charge >= 0.3 is 0 Å². The smallest absolute Gasteiger partial charge is 0.292 e. The third-order valence-corrected chi connectivity index (χ3v) is 4.04. The Morgan fingerprint density at radius 3 is 2.80 bits per heavy atom. The number of nitro benzene ring substituents is 1. The molecule has 1 aliphatic rings. The molecule has 132 valence electrons. The predicted octanol–water partition coefficient (Wildman–Crippen LogP) is 3.45. The summed E-state index contributed by atoms with van der Waals surface area (Å²) in [5.41, 5.74) is 1.04. The first kappa shape index (κ1) is 17.4. The van der Waals surface area contributed by atoms with Gasteiger partial charge in [0.25, 0.3) is 5.69 Å². The normalized spacial score (nSPS) is 14.8. The first-order valence-corrected chi connectivity index (χ1v) is 8.31. The molecule has 1 heterocycles. The monoisotopic (exact) mass is 363 g/mol. The number of aliphatic hydroxyl groups excluding tert-OH is 1. The summed E-state index contributed by atoms with van der Waals surface area (Å²) >= 11 is 5.96. The standard InChI is InChI=1S/C16H18ClN5O3/c1-9(8-23)18-16-20-12(10-2-3-10)7-15(21-16)19-13-6-11(17)4-5-14(13)22(24)25/h4-7,9-10,23H,2-3,8H2,1H3,(H2,18,19,20,21)/t9-/m1/s1. The molecule has 0 saturated heterocycles. The molecule has 3 rings (SSSR count). The van der Waals surface area contributed by atoms with Crippen LogP contribution < -0.4 is 10.6 Å². The van der Waals surface area contributed by atoms with Gasteiger partial charge in [-0.25, -0.2) is 4.98 Å². The molecule has 25 heavy (non-hydrogen) atoms. The van der Waals surface area contributed by atoms with Crippen molar-refractivity contribution < 1.29 is 10.0 Å². The van der Waals surface area contributed by atoms with Gasteiger partial charge in [-0.2, -0.15) is 4.98 Å². The highest BCUT2D eigenvalue weighted by molar-refractivity contribution is 6.31. The second kappa shape index (κ2) is 7.20. The molecule has 0 aliphatic heterocycles. The summed E-state index contributed by atoms with van der Waals surface area (Å²) in [6.07, 6.45) is 2.12. The minimum atomic E-state index is -0.478. The number of benzene rings is 1. The topological polar surface area (TPSA) is 113 Å². The molecule has 2 aromatic rings. The number of nitrogens with one attached hydrogen (secondary N) is 2. The van der Waals surface area contributed by atoms with Gasteiger partial charge in [0.1, 0.15) is 11.5 Å². The van der Waals surface area contributed by atoms with Gasteiger partial charge in [0.05, 0.1) is 17.2 Å². The minimum absolute atomic E-state index is 0.0560. The van der Waals surface area contributed by atoms with Crippen molar-refractivity contribution in [3.8, 4) is 0 Å². The largest absolute Gasteiger partial charge is 0.394 e. The van der Waals surface area contributed by atoms with Crippen LogP contribution in [0.3, 0.4) is 0 Å². The van der Waals surface area contributed by atoms with Gasteiger partial charge in [-0.15, -0.1) is 0 Å². The van der Waals surface area contributed by atoms with E-state index < -0.39 is 4.92 Å². The number of hydrogen-bond donors (Lipinski definition) is 3. The lowest BCUT2D eigenvalue weighted by Crippen LogP contribution is -2.21. The zero-order valence-corrected chi connectivity index (χ0v) is 14.3. The summed E-state index contributed by atoms with van der Waals surface area (Å²) < 4.78 is 0. The highest BCUT2D eigenvalue weighted by Gasteiger charge is 2.26. The van der Waals surface area contributed by atoms with Crippen LogP contribution in [0.15, 0.2) is 24.3 Å². The summed E-state index contributed by atoms with van der Waals surface area (Å²) in [5, 5.41) is 26.8. The molecule has 0 radical (unpaired) electrons. The van der Waals surface area contributed by atoms with Crippen LogP contribution in [-0.2, 0) is 0 Å². The first-order chi connectivity index (χ1) is 12.0. The Hall–Kier alpha value is -2.45. The Balaban J connectivity index is 1.94. The van der Waals surface area contributed by atoms with Crippen molar-refractivity contribution in [2.45, 2.75) is 31.7 Å². The molecule has 1 atom stereocenters. The van der Waals surface area contributed by atoms with Gasteiger partial charge in [0, 0.05) is 29.1 Å². The van der Waals surface area contributed by atoms with E-state index in [1.165, 1.54) is 18.2 Å². The molecule has 0 spiro atoms. The molecule has 0 amide bonds. The lowest BCUT2D eigenvalue weighted by atomic mass is 10.2. The van der Waals surface area contributed by atoms with Crippen molar-refractivity contribution in [2.75, 3.05) is 17.2 Å². The number of halogens is 1. The molecular formula is C16H18ClN5O3. The van der Waals surface area contributed by atoms with Gasteiger partial charge < -0.3 is 15.7 Å². The number of aromatic nitrogens is 2. The van der Waals surface area contributed by atoms with Crippen molar-refractivity contribution in [3.05, 3.63) is 45.1 Å². The SMILES string of the molecule is C[C@H](CO)Nc1nc(Nc2cc(Cl)ccc2[N+](=O)[O-])cc(C2CC2)n1. The summed E-state index contributed by atoms with van der Waals surface area (Å²) in [7, 11) is 0. The van der Waals surface area contributed by atoms with E-state index in [0.29, 0.717) is 22.7 Å². The van der Waals surface area contributed by atoms with Crippen molar-refractivity contribution in [2.24, 2.45) is 0 Å². The summed E-state index contributed by atoms with van der Waals surface area (Å²) in [6.45, 7) is 1.75. The fraction of sp³-hybridized carbons (Fsp3) is 0.375. The lowest BCUT2D eigenvalue weighted by Gasteiger charge is -2.14. The molecule has 1 saturated carbocycles. The first-order valence-electron chi connectivity index (χ1n) is 7.93. The molecular weight excluding hydrogens is 346 g/mol. The third kappa shape index (κ3) is 4.34. The van der Waals surface area contributed by atoms with Crippen molar-refractivity contribution in [1.82, 2.24) is 9.97 Å². The Morgan fingerprint density at radius 1 is 1.40 bits per heavy atom. The number of aliphatic hydroxyl groups is 1. The van der Waals surface area contributed by atoms with Crippen LogP contribution in [0, 0.1) is 10.1 Å². The second-order valence-corrected chi connectivity index (χ2v) is 6.48. The summed E-state index contributed by atoms with van der Waals surface area (Å²) in [5.74, 6) is 1.19. The third-order valence-electron chi connectivity index (χ3n) is 3.81. The minimum Gasteiger partial charge on any atom is -0.394 e. The number of hydrogen-bond acceptors (Lipinski definition) is 7. The molecule has 9 heteroatoms. The number of nitro groups is 1. The van der Waals surface area contributed by atoms with Crippen molar-refractivity contribution in [1.29, 1.82) is 0 Å². The maximum atomic E-state index is 11.2. The Bertz CT molecular complexity index is 797. The molecule has 1 aromatic heterocycles. The van der Waals surface area contributed by atoms with Gasteiger partial charge in [0.15, 0.2) is 0 Å².